The van der Waals surface area contributed by atoms with Gasteiger partial charge in [-0.05, 0) is 69.0 Å². The van der Waals surface area contributed by atoms with Gasteiger partial charge in [-0.25, -0.2) is 9.18 Å². The van der Waals surface area contributed by atoms with Crippen molar-refractivity contribution in [1.82, 2.24) is 4.90 Å². The zero-order valence-electron chi connectivity index (χ0n) is 16.2. The lowest BCUT2D eigenvalue weighted by molar-refractivity contribution is -0.142. The number of ether oxygens (including phenoxy) is 1. The molecule has 2 aromatic rings. The second-order valence-corrected chi connectivity index (χ2v) is 8.13. The van der Waals surface area contributed by atoms with Crippen molar-refractivity contribution in [2.75, 3.05) is 18.5 Å². The van der Waals surface area contributed by atoms with Crippen LogP contribution in [0.25, 0.3) is 0 Å². The Morgan fingerprint density at radius 3 is 2.32 bits per heavy atom. The molecule has 28 heavy (non-hydrogen) atoms. The summed E-state index contributed by atoms with van der Waals surface area (Å²) in [4.78, 5) is 38.8. The van der Waals surface area contributed by atoms with Crippen LogP contribution in [0, 0.1) is 12.7 Å². The molecule has 0 bridgehead atoms. The molecule has 8 heteroatoms. The van der Waals surface area contributed by atoms with Crippen molar-refractivity contribution in [2.24, 2.45) is 0 Å². The molecule has 1 N–H and O–H groups in total. The highest BCUT2D eigenvalue weighted by atomic mass is 32.1. The van der Waals surface area contributed by atoms with Gasteiger partial charge in [-0.1, -0.05) is 0 Å². The standard InChI is InChI=1S/C20H23FN2O4S/c1-13-9-10-28-18(13)19(26)27-12-17(25)23(20(2,3)4)11-16(24)22-15-7-5-14(21)6-8-15/h5-10H,11-12H2,1-4H3,(H,22,24). The second-order valence-electron chi connectivity index (χ2n) is 7.21. The lowest BCUT2D eigenvalue weighted by Gasteiger charge is -2.35. The Labute approximate surface area is 167 Å². The first-order valence-electron chi connectivity index (χ1n) is 8.65. The van der Waals surface area contributed by atoms with Gasteiger partial charge in [-0.3, -0.25) is 9.59 Å². The summed E-state index contributed by atoms with van der Waals surface area (Å²) in [5.74, 6) is -1.89. The highest BCUT2D eigenvalue weighted by Gasteiger charge is 2.29. The number of benzene rings is 1. The van der Waals surface area contributed by atoms with Crippen LogP contribution in [0.3, 0.4) is 0 Å². The van der Waals surface area contributed by atoms with Crippen LogP contribution in [0.5, 0.6) is 0 Å². The average Bonchev–Trinajstić information content (AvgIpc) is 3.04. The number of halogens is 1. The highest BCUT2D eigenvalue weighted by Crippen LogP contribution is 2.18. The first kappa shape index (κ1) is 21.6. The number of carbonyl (C=O) groups is 3. The maximum absolute atomic E-state index is 13.0. The Morgan fingerprint density at radius 2 is 1.79 bits per heavy atom. The van der Waals surface area contributed by atoms with Crippen LogP contribution in [0.15, 0.2) is 35.7 Å². The highest BCUT2D eigenvalue weighted by molar-refractivity contribution is 7.12. The van der Waals surface area contributed by atoms with Gasteiger partial charge in [0.15, 0.2) is 6.61 Å². The second kappa shape index (κ2) is 8.97. The van der Waals surface area contributed by atoms with Crippen molar-refractivity contribution in [2.45, 2.75) is 33.2 Å². The number of thiophene rings is 1. The van der Waals surface area contributed by atoms with E-state index in [1.165, 1.54) is 40.5 Å². The van der Waals surface area contributed by atoms with Gasteiger partial charge in [0, 0.05) is 11.2 Å². The van der Waals surface area contributed by atoms with E-state index < -0.39 is 35.7 Å². The van der Waals surface area contributed by atoms with E-state index in [0.29, 0.717) is 10.6 Å². The van der Waals surface area contributed by atoms with Gasteiger partial charge in [0.1, 0.15) is 17.2 Å². The molecule has 1 aromatic heterocycles. The van der Waals surface area contributed by atoms with Crippen molar-refractivity contribution in [3.63, 3.8) is 0 Å². The topological polar surface area (TPSA) is 75.7 Å². The van der Waals surface area contributed by atoms with E-state index >= 15 is 0 Å². The van der Waals surface area contributed by atoms with Crippen LogP contribution in [-0.4, -0.2) is 41.4 Å². The normalized spacial score (nSPS) is 11.0. The van der Waals surface area contributed by atoms with Gasteiger partial charge in [-0.2, -0.15) is 0 Å². The van der Waals surface area contributed by atoms with Crippen LogP contribution >= 0.6 is 11.3 Å². The minimum atomic E-state index is -0.664. The van der Waals surface area contributed by atoms with Crippen LogP contribution in [0.4, 0.5) is 10.1 Å². The number of aryl methyl sites for hydroxylation is 1. The summed E-state index contributed by atoms with van der Waals surface area (Å²) in [5.41, 5.74) is 0.545. The molecule has 0 saturated heterocycles. The number of nitrogens with one attached hydrogen (secondary N) is 1. The van der Waals surface area contributed by atoms with Crippen molar-refractivity contribution in [1.29, 1.82) is 0 Å². The molecule has 2 amide bonds. The van der Waals surface area contributed by atoms with Crippen LogP contribution in [0.2, 0.25) is 0 Å². The molecule has 1 aromatic carbocycles. The first-order chi connectivity index (χ1) is 13.1. The summed E-state index contributed by atoms with van der Waals surface area (Å²) >= 11 is 1.25. The third kappa shape index (κ3) is 5.88. The number of amides is 2. The van der Waals surface area contributed by atoms with Crippen molar-refractivity contribution in [3.05, 3.63) is 52.0 Å². The largest absolute Gasteiger partial charge is 0.451 e. The van der Waals surface area contributed by atoms with Gasteiger partial charge < -0.3 is 15.0 Å². The zero-order chi connectivity index (χ0) is 20.9. The number of esters is 1. The predicted octanol–water partition coefficient (Wildman–Crippen LogP) is 3.62. The number of rotatable bonds is 6. The van der Waals surface area contributed by atoms with Crippen molar-refractivity contribution in [3.8, 4) is 0 Å². The van der Waals surface area contributed by atoms with Crippen LogP contribution in [0.1, 0.15) is 36.0 Å². The Balaban J connectivity index is 1.99. The van der Waals surface area contributed by atoms with E-state index in [4.69, 9.17) is 4.74 Å². The van der Waals surface area contributed by atoms with E-state index in [1.54, 1.807) is 39.1 Å². The molecule has 0 aliphatic rings. The van der Waals surface area contributed by atoms with E-state index in [2.05, 4.69) is 5.32 Å². The molecular formula is C20H23FN2O4S. The Kier molecular flexibility index (Phi) is 6.90. The molecule has 0 unspecified atom stereocenters. The van der Waals surface area contributed by atoms with Crippen LogP contribution < -0.4 is 5.32 Å². The number of hydrogen-bond donors (Lipinski definition) is 1. The molecule has 0 spiro atoms. The molecule has 0 aliphatic carbocycles. The van der Waals surface area contributed by atoms with Gasteiger partial charge in [0.05, 0.1) is 0 Å². The van der Waals surface area contributed by atoms with Crippen LogP contribution in [-0.2, 0) is 14.3 Å². The first-order valence-corrected chi connectivity index (χ1v) is 9.53. The molecular weight excluding hydrogens is 383 g/mol. The van der Waals surface area contributed by atoms with E-state index in [-0.39, 0.29) is 6.54 Å². The fourth-order valence-electron chi connectivity index (χ4n) is 2.43. The zero-order valence-corrected chi connectivity index (χ0v) is 17.1. The number of anilines is 1. The summed E-state index contributed by atoms with van der Waals surface area (Å²) < 4.78 is 18.1. The van der Waals surface area contributed by atoms with E-state index in [1.807, 2.05) is 0 Å². The smallest absolute Gasteiger partial charge is 0.349 e. The lowest BCUT2D eigenvalue weighted by atomic mass is 10.1. The fraction of sp³-hybridized carbons (Fsp3) is 0.350. The monoisotopic (exact) mass is 406 g/mol. The molecule has 6 nitrogen and oxygen atoms in total. The van der Waals surface area contributed by atoms with Crippen molar-refractivity contribution >= 4 is 34.8 Å². The summed E-state index contributed by atoms with van der Waals surface area (Å²) in [6.07, 6.45) is 0. The fourth-order valence-corrected chi connectivity index (χ4v) is 3.25. The van der Waals surface area contributed by atoms with Gasteiger partial charge >= 0.3 is 5.97 Å². The quantitative estimate of drug-likeness (QED) is 0.744. The van der Waals surface area contributed by atoms with E-state index in [0.717, 1.165) is 5.56 Å². The summed E-state index contributed by atoms with van der Waals surface area (Å²) in [6.45, 7) is 6.44. The number of hydrogen-bond acceptors (Lipinski definition) is 5. The van der Waals surface area contributed by atoms with Crippen molar-refractivity contribution < 1.29 is 23.5 Å². The average molecular weight is 406 g/mol. The molecule has 0 saturated carbocycles. The molecule has 0 aliphatic heterocycles. The third-order valence-electron chi connectivity index (χ3n) is 3.91. The van der Waals surface area contributed by atoms with E-state index in [9.17, 15) is 18.8 Å². The Bertz CT molecular complexity index is 856. The SMILES string of the molecule is Cc1ccsc1C(=O)OCC(=O)N(CC(=O)Nc1ccc(F)cc1)C(C)(C)C. The third-order valence-corrected chi connectivity index (χ3v) is 4.91. The Hall–Kier alpha value is -2.74. The summed E-state index contributed by atoms with van der Waals surface area (Å²) in [7, 11) is 0. The Morgan fingerprint density at radius 1 is 1.14 bits per heavy atom. The molecule has 150 valence electrons. The molecule has 0 fully saturated rings. The van der Waals surface area contributed by atoms with Gasteiger partial charge in [0.25, 0.3) is 5.91 Å². The molecule has 2 rings (SSSR count). The minimum Gasteiger partial charge on any atom is -0.451 e. The molecule has 1 heterocycles. The summed E-state index contributed by atoms with van der Waals surface area (Å²) in [5, 5.41) is 4.39. The maximum Gasteiger partial charge on any atom is 0.349 e. The minimum absolute atomic E-state index is 0.227. The van der Waals surface area contributed by atoms with Gasteiger partial charge in [0.2, 0.25) is 5.91 Å². The summed E-state index contributed by atoms with van der Waals surface area (Å²) in [6, 6.07) is 7.12. The number of nitrogens with zero attached hydrogens (tertiary/aromatic N) is 1. The number of carbonyl (C=O) groups excluding carboxylic acids is 3. The predicted molar refractivity (Wildman–Crippen MR) is 106 cm³/mol. The molecule has 0 atom stereocenters. The maximum atomic E-state index is 13.0. The lowest BCUT2D eigenvalue weighted by Crippen LogP contribution is -2.50. The van der Waals surface area contributed by atoms with Gasteiger partial charge in [-0.15, -0.1) is 11.3 Å². The molecule has 0 radical (unpaired) electrons.